The van der Waals surface area contributed by atoms with Crippen molar-refractivity contribution in [1.29, 1.82) is 0 Å². The number of thioether (sulfide) groups is 1. The molecule has 1 aromatic carbocycles. The molecule has 2 heterocycles. The van der Waals surface area contributed by atoms with Crippen LogP contribution >= 0.6 is 11.8 Å². The third kappa shape index (κ3) is 4.71. The normalized spacial score (nSPS) is 22.8. The second kappa shape index (κ2) is 9.09. The fourth-order valence-electron chi connectivity index (χ4n) is 4.13. The monoisotopic (exact) mass is 380 g/mol. The zero-order valence-corrected chi connectivity index (χ0v) is 16.3. The van der Waals surface area contributed by atoms with Crippen molar-refractivity contribution < 1.29 is 13.9 Å². The molecule has 26 heavy (non-hydrogen) atoms. The summed E-state index contributed by atoms with van der Waals surface area (Å²) in [7, 11) is 0. The van der Waals surface area contributed by atoms with Crippen LogP contribution in [0.15, 0.2) is 24.3 Å². The van der Waals surface area contributed by atoms with Gasteiger partial charge in [0.1, 0.15) is 5.82 Å². The van der Waals surface area contributed by atoms with E-state index >= 15 is 0 Å². The van der Waals surface area contributed by atoms with Gasteiger partial charge in [-0.25, -0.2) is 9.18 Å². The Balaban J connectivity index is 1.65. The summed E-state index contributed by atoms with van der Waals surface area (Å²) in [6.45, 7) is 3.48. The van der Waals surface area contributed by atoms with Gasteiger partial charge in [-0.1, -0.05) is 12.1 Å². The molecular formula is C20H29FN2O2S. The molecule has 6 heteroatoms. The lowest BCUT2D eigenvalue weighted by molar-refractivity contribution is 0.0498. The Morgan fingerprint density at radius 2 is 2.23 bits per heavy atom. The topological polar surface area (TPSA) is 41.6 Å². The molecule has 144 valence electrons. The van der Waals surface area contributed by atoms with Crippen LogP contribution in [0.2, 0.25) is 0 Å². The van der Waals surface area contributed by atoms with E-state index in [-0.39, 0.29) is 17.3 Å². The highest BCUT2D eigenvalue weighted by atomic mass is 32.2. The van der Waals surface area contributed by atoms with Crippen LogP contribution < -0.4 is 5.32 Å². The van der Waals surface area contributed by atoms with E-state index < -0.39 is 0 Å². The lowest BCUT2D eigenvalue weighted by Crippen LogP contribution is -2.51. The summed E-state index contributed by atoms with van der Waals surface area (Å²) in [6, 6.07) is 6.80. The Bertz CT molecular complexity index is 605. The molecule has 2 aliphatic heterocycles. The molecular weight excluding hydrogens is 351 g/mol. The highest BCUT2D eigenvalue weighted by Gasteiger charge is 2.36. The number of nitrogens with zero attached hydrogens (tertiary/aromatic N) is 1. The fraction of sp³-hybridized carbons (Fsp3) is 0.650. The third-order valence-electron chi connectivity index (χ3n) is 5.67. The van der Waals surface area contributed by atoms with E-state index in [4.69, 9.17) is 4.74 Å². The molecule has 4 nitrogen and oxygen atoms in total. The van der Waals surface area contributed by atoms with Crippen molar-refractivity contribution >= 4 is 17.8 Å². The standard InChI is InChI=1S/C20H29FN2O2S/c1-26-14-16-4-3-9-23(13-16)19(24)22-15-20(7-10-25-11-8-20)17-5-2-6-18(21)12-17/h2,5-6,12,16H,3-4,7-11,13-15H2,1H3,(H,22,24). The fourth-order valence-corrected chi connectivity index (χ4v) is 4.87. The molecule has 0 aromatic heterocycles. The molecule has 2 saturated heterocycles. The van der Waals surface area contributed by atoms with Gasteiger partial charge >= 0.3 is 6.03 Å². The van der Waals surface area contributed by atoms with Crippen molar-refractivity contribution in [3.05, 3.63) is 35.6 Å². The predicted octanol–water partition coefficient (Wildman–Crippen LogP) is 3.66. The molecule has 0 radical (unpaired) electrons. The second-order valence-electron chi connectivity index (χ2n) is 7.47. The van der Waals surface area contributed by atoms with Crippen LogP contribution in [0.4, 0.5) is 9.18 Å². The first-order valence-electron chi connectivity index (χ1n) is 9.48. The molecule has 3 rings (SSSR count). The van der Waals surface area contributed by atoms with Crippen LogP contribution in [0.3, 0.4) is 0 Å². The quantitative estimate of drug-likeness (QED) is 0.848. The van der Waals surface area contributed by atoms with Crippen LogP contribution in [0, 0.1) is 11.7 Å². The molecule has 0 saturated carbocycles. The van der Waals surface area contributed by atoms with Crippen molar-refractivity contribution in [1.82, 2.24) is 10.2 Å². The second-order valence-corrected chi connectivity index (χ2v) is 8.38. The minimum atomic E-state index is -0.246. The first kappa shape index (κ1) is 19.5. The van der Waals surface area contributed by atoms with Gasteiger partial charge in [-0.05, 0) is 61.3 Å². The number of carbonyl (C=O) groups is 1. The van der Waals surface area contributed by atoms with Crippen LogP contribution in [0.5, 0.6) is 0 Å². The Kier molecular flexibility index (Phi) is 6.81. The maximum Gasteiger partial charge on any atom is 0.317 e. The van der Waals surface area contributed by atoms with Gasteiger partial charge in [0.25, 0.3) is 0 Å². The zero-order chi connectivity index (χ0) is 18.4. The van der Waals surface area contributed by atoms with Gasteiger partial charge in [0.05, 0.1) is 0 Å². The molecule has 1 N–H and O–H groups in total. The van der Waals surface area contributed by atoms with Gasteiger partial charge in [-0.15, -0.1) is 0 Å². The SMILES string of the molecule is CSCC1CCCN(C(=O)NCC2(c3cccc(F)c3)CCOCC2)C1. The van der Waals surface area contributed by atoms with Crippen molar-refractivity contribution in [2.24, 2.45) is 5.92 Å². The number of benzene rings is 1. The molecule has 2 fully saturated rings. The Morgan fingerprint density at radius 3 is 2.96 bits per heavy atom. The summed E-state index contributed by atoms with van der Waals surface area (Å²) in [5, 5.41) is 3.15. The van der Waals surface area contributed by atoms with E-state index in [1.807, 2.05) is 22.7 Å². The number of piperidine rings is 1. The average molecular weight is 381 g/mol. The van der Waals surface area contributed by atoms with Crippen LogP contribution in [-0.4, -0.2) is 55.8 Å². The number of hydrogen-bond donors (Lipinski definition) is 1. The van der Waals surface area contributed by atoms with Gasteiger partial charge in [-0.2, -0.15) is 11.8 Å². The van der Waals surface area contributed by atoms with E-state index in [9.17, 15) is 9.18 Å². The summed E-state index contributed by atoms with van der Waals surface area (Å²) in [6.07, 6.45) is 5.99. The Morgan fingerprint density at radius 1 is 1.42 bits per heavy atom. The highest BCUT2D eigenvalue weighted by molar-refractivity contribution is 7.98. The first-order valence-corrected chi connectivity index (χ1v) is 10.9. The third-order valence-corrected chi connectivity index (χ3v) is 6.48. The molecule has 2 amide bonds. The number of hydrogen-bond acceptors (Lipinski definition) is 3. The van der Waals surface area contributed by atoms with E-state index in [2.05, 4.69) is 11.6 Å². The number of ether oxygens (including phenoxy) is 1. The molecule has 2 aliphatic rings. The van der Waals surface area contributed by atoms with Crippen molar-refractivity contribution in [3.8, 4) is 0 Å². The number of likely N-dealkylation sites (tertiary alicyclic amines) is 1. The van der Waals surface area contributed by atoms with Gasteiger partial charge in [0, 0.05) is 38.3 Å². The van der Waals surface area contributed by atoms with Crippen molar-refractivity contribution in [2.45, 2.75) is 31.1 Å². The number of amides is 2. The lowest BCUT2D eigenvalue weighted by Gasteiger charge is -2.39. The summed E-state index contributed by atoms with van der Waals surface area (Å²) in [5.41, 5.74) is 0.713. The molecule has 1 atom stereocenters. The largest absolute Gasteiger partial charge is 0.381 e. The predicted molar refractivity (Wildman–Crippen MR) is 104 cm³/mol. The number of urea groups is 1. The smallest absolute Gasteiger partial charge is 0.317 e. The molecule has 1 unspecified atom stereocenters. The van der Waals surface area contributed by atoms with Crippen LogP contribution in [0.1, 0.15) is 31.2 Å². The number of halogens is 1. The number of rotatable bonds is 5. The maximum atomic E-state index is 13.8. The van der Waals surface area contributed by atoms with Gasteiger partial charge < -0.3 is 15.0 Å². The number of carbonyl (C=O) groups excluding carboxylic acids is 1. The average Bonchev–Trinajstić information content (AvgIpc) is 2.67. The van der Waals surface area contributed by atoms with Gasteiger partial charge in [0.2, 0.25) is 0 Å². The minimum Gasteiger partial charge on any atom is -0.381 e. The maximum absolute atomic E-state index is 13.8. The number of nitrogens with one attached hydrogen (secondary N) is 1. The van der Waals surface area contributed by atoms with E-state index in [0.29, 0.717) is 25.7 Å². The van der Waals surface area contributed by atoms with Crippen molar-refractivity contribution in [3.63, 3.8) is 0 Å². The minimum absolute atomic E-state index is 0.0121. The summed E-state index contributed by atoms with van der Waals surface area (Å²) in [5.74, 6) is 1.47. The molecule has 1 aromatic rings. The zero-order valence-electron chi connectivity index (χ0n) is 15.5. The summed E-state index contributed by atoms with van der Waals surface area (Å²) in [4.78, 5) is 14.7. The summed E-state index contributed by atoms with van der Waals surface area (Å²) >= 11 is 1.85. The molecule has 0 bridgehead atoms. The van der Waals surface area contributed by atoms with Crippen molar-refractivity contribution in [2.75, 3.05) is 44.9 Å². The highest BCUT2D eigenvalue weighted by Crippen LogP contribution is 2.34. The van der Waals surface area contributed by atoms with E-state index in [0.717, 1.165) is 43.7 Å². The molecule has 0 aliphatic carbocycles. The Hall–Kier alpha value is -1.27. The van der Waals surface area contributed by atoms with E-state index in [1.54, 1.807) is 12.1 Å². The van der Waals surface area contributed by atoms with E-state index in [1.165, 1.54) is 12.5 Å². The van der Waals surface area contributed by atoms with Crippen LogP contribution in [0.25, 0.3) is 0 Å². The Labute approximate surface area is 159 Å². The van der Waals surface area contributed by atoms with Crippen LogP contribution in [-0.2, 0) is 10.2 Å². The van der Waals surface area contributed by atoms with Gasteiger partial charge in [0.15, 0.2) is 0 Å². The lowest BCUT2D eigenvalue weighted by atomic mass is 9.74. The summed E-state index contributed by atoms with van der Waals surface area (Å²) < 4.78 is 19.3. The molecule has 0 spiro atoms. The van der Waals surface area contributed by atoms with Gasteiger partial charge in [-0.3, -0.25) is 0 Å². The first-order chi connectivity index (χ1) is 12.6.